The monoisotopic (exact) mass is 811 g/mol. The first-order valence-electron chi connectivity index (χ1n) is 22.2. The highest BCUT2D eigenvalue weighted by molar-refractivity contribution is 7.00. The summed E-state index contributed by atoms with van der Waals surface area (Å²) in [5.41, 5.74) is 21.9. The molecule has 12 aromatic rings. The Bertz CT molecular complexity index is 3770. The first-order chi connectivity index (χ1) is 31.8. The summed E-state index contributed by atoms with van der Waals surface area (Å²) in [7, 11) is 0. The summed E-state index contributed by atoms with van der Waals surface area (Å²) >= 11 is 0. The molecule has 2 aliphatic rings. The van der Waals surface area contributed by atoms with Crippen LogP contribution in [0.1, 0.15) is 0 Å². The largest absolute Gasteiger partial charge is 0.310 e. The van der Waals surface area contributed by atoms with E-state index in [2.05, 4.69) is 245 Å². The standard InChI is InChI=1S/C60H38BN3/c1-5-19-39(20-6-1)42-35-56-58-57(36-42)64(59-44(40-21-7-2-8-22-40)29-17-30-45(59)41-23-9-3-10-24-41)55-37-49-47-28-14-15-33-52(47)62(43-25-11-4-12-26-43)54(49)38-51(55)61(58)50-32-18-31-48-46-27-13-16-34-53(46)63(56)60(48)50/h1-38H. The second-order valence-corrected chi connectivity index (χ2v) is 17.2. The SMILES string of the molecule is c1ccc(-c2cc3c4c(c2)-n2c5ccccc5c5cccc(c52)B4c2cc4c(cc2N3c2c(-c3ccccc3)cccc2-c2ccccc2)c2ccccc2n4-c2ccccc2)cc1. The molecule has 14 rings (SSSR count). The molecule has 4 heteroatoms. The predicted octanol–water partition coefficient (Wildman–Crippen LogP) is 13.5. The molecule has 0 saturated carbocycles. The van der Waals surface area contributed by atoms with E-state index in [1.54, 1.807) is 0 Å². The molecule has 2 aliphatic heterocycles. The number of rotatable bonds is 5. The molecule has 0 unspecified atom stereocenters. The third-order valence-corrected chi connectivity index (χ3v) is 13.9. The van der Waals surface area contributed by atoms with Crippen molar-refractivity contribution in [2.75, 3.05) is 4.90 Å². The minimum absolute atomic E-state index is 0.0442. The lowest BCUT2D eigenvalue weighted by Gasteiger charge is -2.42. The van der Waals surface area contributed by atoms with E-state index in [0.717, 1.165) is 5.69 Å². The van der Waals surface area contributed by atoms with Gasteiger partial charge in [-0.2, -0.15) is 0 Å². The van der Waals surface area contributed by atoms with Crippen LogP contribution in [-0.2, 0) is 0 Å². The maximum atomic E-state index is 2.65. The van der Waals surface area contributed by atoms with Crippen molar-refractivity contribution in [3.8, 4) is 44.8 Å². The van der Waals surface area contributed by atoms with Crippen molar-refractivity contribution < 1.29 is 0 Å². The van der Waals surface area contributed by atoms with E-state index in [1.807, 2.05) is 0 Å². The summed E-state index contributed by atoms with van der Waals surface area (Å²) in [5.74, 6) is 0. The first kappa shape index (κ1) is 35.3. The Hall–Kier alpha value is -8.34. The van der Waals surface area contributed by atoms with Crippen molar-refractivity contribution in [1.29, 1.82) is 0 Å². The Labute approximate surface area is 371 Å². The highest BCUT2D eigenvalue weighted by Crippen LogP contribution is 2.50. The van der Waals surface area contributed by atoms with Crippen LogP contribution in [0.2, 0.25) is 0 Å². The van der Waals surface area contributed by atoms with Crippen LogP contribution in [0.3, 0.4) is 0 Å². The number of nitrogens with zero attached hydrogens (tertiary/aromatic N) is 3. The molecule has 0 N–H and O–H groups in total. The van der Waals surface area contributed by atoms with Gasteiger partial charge in [0, 0.05) is 60.9 Å². The number of hydrogen-bond donors (Lipinski definition) is 0. The minimum Gasteiger partial charge on any atom is -0.310 e. The molecule has 64 heavy (non-hydrogen) atoms. The van der Waals surface area contributed by atoms with Gasteiger partial charge in [-0.15, -0.1) is 0 Å². The number of aromatic nitrogens is 2. The highest BCUT2D eigenvalue weighted by Gasteiger charge is 2.44. The Morgan fingerprint density at radius 2 is 0.844 bits per heavy atom. The van der Waals surface area contributed by atoms with Crippen molar-refractivity contribution >= 4 is 83.8 Å². The molecule has 0 spiro atoms. The van der Waals surface area contributed by atoms with E-state index < -0.39 is 0 Å². The van der Waals surface area contributed by atoms with Crippen LogP contribution in [0.25, 0.3) is 88.4 Å². The third kappa shape index (κ3) is 4.94. The van der Waals surface area contributed by atoms with Crippen LogP contribution in [-0.4, -0.2) is 15.8 Å². The third-order valence-electron chi connectivity index (χ3n) is 13.9. The number of para-hydroxylation sites is 5. The topological polar surface area (TPSA) is 13.1 Å². The van der Waals surface area contributed by atoms with Gasteiger partial charge in [0.25, 0.3) is 6.71 Å². The molecule has 0 fully saturated rings. The van der Waals surface area contributed by atoms with Gasteiger partial charge in [0.15, 0.2) is 0 Å². The molecule has 2 aromatic heterocycles. The van der Waals surface area contributed by atoms with Crippen molar-refractivity contribution in [2.45, 2.75) is 0 Å². The lowest BCUT2D eigenvalue weighted by molar-refractivity contribution is 1.17. The zero-order valence-electron chi connectivity index (χ0n) is 34.9. The molecular weight excluding hydrogens is 773 g/mol. The number of fused-ring (bicyclic) bond motifs is 10. The van der Waals surface area contributed by atoms with Gasteiger partial charge < -0.3 is 14.0 Å². The van der Waals surface area contributed by atoms with Gasteiger partial charge in [0.05, 0.1) is 22.2 Å². The predicted molar refractivity (Wildman–Crippen MR) is 271 cm³/mol. The van der Waals surface area contributed by atoms with Gasteiger partial charge in [-0.05, 0) is 87.2 Å². The van der Waals surface area contributed by atoms with Crippen molar-refractivity contribution in [2.24, 2.45) is 0 Å². The van der Waals surface area contributed by atoms with Gasteiger partial charge in [-0.3, -0.25) is 0 Å². The highest BCUT2D eigenvalue weighted by atomic mass is 15.2. The molecule has 0 amide bonds. The van der Waals surface area contributed by atoms with Crippen LogP contribution >= 0.6 is 0 Å². The Kier molecular flexibility index (Phi) is 7.49. The van der Waals surface area contributed by atoms with Crippen LogP contribution in [0, 0.1) is 0 Å². The summed E-state index contributed by atoms with van der Waals surface area (Å²) in [6, 6.07) is 85.4. The molecule has 0 radical (unpaired) electrons. The van der Waals surface area contributed by atoms with Crippen LogP contribution in [0.5, 0.6) is 0 Å². The number of anilines is 3. The summed E-state index contributed by atoms with van der Waals surface area (Å²) in [6.07, 6.45) is 0. The molecule has 0 aliphatic carbocycles. The maximum Gasteiger partial charge on any atom is 0.252 e. The quantitative estimate of drug-likeness (QED) is 0.158. The van der Waals surface area contributed by atoms with Gasteiger partial charge >= 0.3 is 0 Å². The number of hydrogen-bond acceptors (Lipinski definition) is 1. The zero-order valence-corrected chi connectivity index (χ0v) is 34.9. The summed E-state index contributed by atoms with van der Waals surface area (Å²) in [6.45, 7) is -0.0442. The fourth-order valence-corrected chi connectivity index (χ4v) is 11.2. The first-order valence-corrected chi connectivity index (χ1v) is 22.2. The van der Waals surface area contributed by atoms with Crippen molar-refractivity contribution in [1.82, 2.24) is 9.13 Å². The van der Waals surface area contributed by atoms with E-state index in [4.69, 9.17) is 0 Å². The average molecular weight is 812 g/mol. The fourth-order valence-electron chi connectivity index (χ4n) is 11.2. The van der Waals surface area contributed by atoms with Crippen LogP contribution in [0.4, 0.5) is 17.1 Å². The van der Waals surface area contributed by atoms with Crippen LogP contribution < -0.4 is 21.3 Å². The van der Waals surface area contributed by atoms with Gasteiger partial charge in [0.1, 0.15) is 0 Å². The van der Waals surface area contributed by atoms with E-state index in [-0.39, 0.29) is 6.71 Å². The molecule has 4 heterocycles. The Morgan fingerprint density at radius 1 is 0.312 bits per heavy atom. The van der Waals surface area contributed by atoms with E-state index in [9.17, 15) is 0 Å². The second-order valence-electron chi connectivity index (χ2n) is 17.2. The fraction of sp³-hybridized carbons (Fsp3) is 0. The summed E-state index contributed by atoms with van der Waals surface area (Å²) in [5, 5.41) is 5.02. The zero-order chi connectivity index (χ0) is 41.9. The minimum atomic E-state index is -0.0442. The molecule has 10 aromatic carbocycles. The molecule has 0 bridgehead atoms. The van der Waals surface area contributed by atoms with Crippen molar-refractivity contribution in [3.63, 3.8) is 0 Å². The molecule has 0 saturated heterocycles. The van der Waals surface area contributed by atoms with Gasteiger partial charge in [-0.1, -0.05) is 182 Å². The normalized spacial score (nSPS) is 12.6. The lowest BCUT2D eigenvalue weighted by atomic mass is 9.33. The molecule has 3 nitrogen and oxygen atoms in total. The van der Waals surface area contributed by atoms with E-state index >= 15 is 0 Å². The summed E-state index contributed by atoms with van der Waals surface area (Å²) < 4.78 is 5.05. The number of benzene rings is 10. The van der Waals surface area contributed by atoms with Crippen molar-refractivity contribution in [3.05, 3.63) is 231 Å². The maximum absolute atomic E-state index is 2.65. The van der Waals surface area contributed by atoms with E-state index in [1.165, 1.54) is 116 Å². The average Bonchev–Trinajstić information content (AvgIpc) is 3.88. The molecule has 0 atom stereocenters. The smallest absolute Gasteiger partial charge is 0.252 e. The second kappa shape index (κ2) is 13.6. The Balaban J connectivity index is 1.21. The molecular formula is C60H38BN3. The Morgan fingerprint density at radius 3 is 1.52 bits per heavy atom. The van der Waals surface area contributed by atoms with E-state index in [0.29, 0.717) is 0 Å². The van der Waals surface area contributed by atoms with Gasteiger partial charge in [0.2, 0.25) is 0 Å². The lowest BCUT2D eigenvalue weighted by Crippen LogP contribution is -2.60. The summed E-state index contributed by atoms with van der Waals surface area (Å²) in [4.78, 5) is 2.65. The molecule has 296 valence electrons. The van der Waals surface area contributed by atoms with Gasteiger partial charge in [-0.25, -0.2) is 0 Å². The van der Waals surface area contributed by atoms with Crippen LogP contribution in [0.15, 0.2) is 231 Å².